The summed E-state index contributed by atoms with van der Waals surface area (Å²) >= 11 is 6.00. The van der Waals surface area contributed by atoms with E-state index in [9.17, 15) is 0 Å². The summed E-state index contributed by atoms with van der Waals surface area (Å²) in [7, 11) is 0. The monoisotopic (exact) mass is 286 g/mol. The maximum atomic E-state index is 6.00. The minimum absolute atomic E-state index is 0.195. The number of aryl methyl sites for hydroxylation is 1. The third-order valence-electron chi connectivity index (χ3n) is 3.44. The summed E-state index contributed by atoms with van der Waals surface area (Å²) in [4.78, 5) is 0. The zero-order valence-corrected chi connectivity index (χ0v) is 11.8. The van der Waals surface area contributed by atoms with Gasteiger partial charge in [0.1, 0.15) is 17.4 Å². The number of halogens is 1. The van der Waals surface area contributed by atoms with E-state index in [0.717, 1.165) is 27.9 Å². The van der Waals surface area contributed by atoms with Crippen LogP contribution < -0.4 is 11.3 Å². The Bertz CT molecular complexity index is 718. The summed E-state index contributed by atoms with van der Waals surface area (Å²) in [6.45, 7) is 2.01. The molecule has 1 heterocycles. The molecule has 20 heavy (non-hydrogen) atoms. The Balaban J connectivity index is 2.08. The van der Waals surface area contributed by atoms with Crippen LogP contribution in [0.1, 0.15) is 22.9 Å². The second-order valence-corrected chi connectivity index (χ2v) is 5.22. The van der Waals surface area contributed by atoms with Crippen molar-refractivity contribution in [3.8, 4) is 0 Å². The van der Waals surface area contributed by atoms with E-state index in [0.29, 0.717) is 5.02 Å². The lowest BCUT2D eigenvalue weighted by molar-refractivity contribution is 0.476. The SMILES string of the molecule is Cc1cc(Cl)ccc1C(NN)c1cc2ccccc2o1. The van der Waals surface area contributed by atoms with Gasteiger partial charge in [0.05, 0.1) is 0 Å². The third kappa shape index (κ3) is 2.31. The van der Waals surface area contributed by atoms with Crippen molar-refractivity contribution in [1.82, 2.24) is 5.43 Å². The highest BCUT2D eigenvalue weighted by atomic mass is 35.5. The Kier molecular flexibility index (Phi) is 3.49. The molecule has 4 heteroatoms. The molecule has 0 amide bonds. The molecule has 0 spiro atoms. The summed E-state index contributed by atoms with van der Waals surface area (Å²) in [5.41, 5.74) is 5.80. The van der Waals surface area contributed by atoms with E-state index in [1.807, 2.05) is 55.5 Å². The van der Waals surface area contributed by atoms with Crippen LogP contribution in [-0.2, 0) is 0 Å². The van der Waals surface area contributed by atoms with E-state index >= 15 is 0 Å². The van der Waals surface area contributed by atoms with Crippen LogP contribution >= 0.6 is 11.6 Å². The van der Waals surface area contributed by atoms with Crippen molar-refractivity contribution in [3.63, 3.8) is 0 Å². The van der Waals surface area contributed by atoms with Gasteiger partial charge in [-0.1, -0.05) is 35.9 Å². The molecule has 1 atom stereocenters. The van der Waals surface area contributed by atoms with Crippen molar-refractivity contribution < 1.29 is 4.42 Å². The van der Waals surface area contributed by atoms with Crippen LogP contribution in [0, 0.1) is 6.92 Å². The number of benzene rings is 2. The molecule has 3 aromatic rings. The van der Waals surface area contributed by atoms with Gasteiger partial charge in [-0.05, 0) is 42.3 Å². The number of hydrogen-bond donors (Lipinski definition) is 2. The van der Waals surface area contributed by atoms with E-state index in [1.54, 1.807) is 0 Å². The van der Waals surface area contributed by atoms with Gasteiger partial charge in [0, 0.05) is 10.4 Å². The van der Waals surface area contributed by atoms with Gasteiger partial charge in [-0.15, -0.1) is 0 Å². The van der Waals surface area contributed by atoms with E-state index in [4.69, 9.17) is 21.9 Å². The second-order valence-electron chi connectivity index (χ2n) is 4.79. The Labute approximate surface area is 122 Å². The highest BCUT2D eigenvalue weighted by Gasteiger charge is 2.19. The van der Waals surface area contributed by atoms with Crippen LogP contribution in [0.3, 0.4) is 0 Å². The van der Waals surface area contributed by atoms with E-state index < -0.39 is 0 Å². The average Bonchev–Trinajstić information content (AvgIpc) is 2.85. The van der Waals surface area contributed by atoms with E-state index in [2.05, 4.69) is 5.43 Å². The number of furan rings is 1. The molecule has 3 N–H and O–H groups in total. The highest BCUT2D eigenvalue weighted by molar-refractivity contribution is 6.30. The summed E-state index contributed by atoms with van der Waals surface area (Å²) in [6, 6.07) is 15.5. The smallest absolute Gasteiger partial charge is 0.134 e. The largest absolute Gasteiger partial charge is 0.459 e. The first-order valence-electron chi connectivity index (χ1n) is 6.39. The van der Waals surface area contributed by atoms with Crippen molar-refractivity contribution in [2.75, 3.05) is 0 Å². The molecule has 1 unspecified atom stereocenters. The molecule has 0 bridgehead atoms. The standard InChI is InChI=1S/C16H15ClN2O/c1-10-8-12(17)6-7-13(10)16(19-18)15-9-11-4-2-3-5-14(11)20-15/h2-9,16,19H,18H2,1H3. The normalized spacial score (nSPS) is 12.8. The van der Waals surface area contributed by atoms with Crippen LogP contribution in [0.15, 0.2) is 52.9 Å². The number of fused-ring (bicyclic) bond motifs is 1. The van der Waals surface area contributed by atoms with Gasteiger partial charge in [0.2, 0.25) is 0 Å². The molecule has 0 aliphatic heterocycles. The van der Waals surface area contributed by atoms with Crippen LogP contribution in [0.2, 0.25) is 5.02 Å². The number of para-hydroxylation sites is 1. The van der Waals surface area contributed by atoms with Crippen LogP contribution in [0.5, 0.6) is 0 Å². The van der Waals surface area contributed by atoms with Crippen molar-refractivity contribution in [2.45, 2.75) is 13.0 Å². The lowest BCUT2D eigenvalue weighted by Crippen LogP contribution is -2.29. The predicted molar refractivity (Wildman–Crippen MR) is 81.6 cm³/mol. The number of hydrogen-bond acceptors (Lipinski definition) is 3. The van der Waals surface area contributed by atoms with Gasteiger partial charge in [-0.25, -0.2) is 5.43 Å². The lowest BCUT2D eigenvalue weighted by atomic mass is 10.00. The molecule has 1 aromatic heterocycles. The Hall–Kier alpha value is -1.81. The maximum absolute atomic E-state index is 6.00. The Morgan fingerprint density at radius 3 is 2.65 bits per heavy atom. The minimum atomic E-state index is -0.195. The Morgan fingerprint density at radius 1 is 1.15 bits per heavy atom. The highest BCUT2D eigenvalue weighted by Crippen LogP contribution is 2.30. The van der Waals surface area contributed by atoms with E-state index in [-0.39, 0.29) is 6.04 Å². The molecule has 102 valence electrons. The van der Waals surface area contributed by atoms with Gasteiger partial charge < -0.3 is 4.42 Å². The van der Waals surface area contributed by atoms with Crippen LogP contribution in [-0.4, -0.2) is 0 Å². The molecule has 0 saturated heterocycles. The van der Waals surface area contributed by atoms with Crippen molar-refractivity contribution in [2.24, 2.45) is 5.84 Å². The topological polar surface area (TPSA) is 51.2 Å². The van der Waals surface area contributed by atoms with Gasteiger partial charge in [0.15, 0.2) is 0 Å². The van der Waals surface area contributed by atoms with Gasteiger partial charge in [0.25, 0.3) is 0 Å². The zero-order chi connectivity index (χ0) is 14.1. The van der Waals surface area contributed by atoms with Crippen molar-refractivity contribution in [1.29, 1.82) is 0 Å². The summed E-state index contributed by atoms with van der Waals surface area (Å²) in [5.74, 6) is 6.51. The first-order chi connectivity index (χ1) is 9.69. The van der Waals surface area contributed by atoms with Gasteiger partial charge in [-0.3, -0.25) is 5.84 Å². The molecule has 0 radical (unpaired) electrons. The first kappa shape index (κ1) is 13.2. The van der Waals surface area contributed by atoms with Crippen molar-refractivity contribution >= 4 is 22.6 Å². The molecule has 3 nitrogen and oxygen atoms in total. The molecule has 0 saturated carbocycles. The minimum Gasteiger partial charge on any atom is -0.459 e. The summed E-state index contributed by atoms with van der Waals surface area (Å²) < 4.78 is 5.89. The molecular weight excluding hydrogens is 272 g/mol. The Morgan fingerprint density at radius 2 is 1.95 bits per heavy atom. The number of hydrazine groups is 1. The lowest BCUT2D eigenvalue weighted by Gasteiger charge is -2.16. The van der Waals surface area contributed by atoms with Gasteiger partial charge in [-0.2, -0.15) is 0 Å². The van der Waals surface area contributed by atoms with E-state index in [1.165, 1.54) is 0 Å². The summed E-state index contributed by atoms with van der Waals surface area (Å²) in [5, 5.41) is 1.78. The fraction of sp³-hybridized carbons (Fsp3) is 0.125. The summed E-state index contributed by atoms with van der Waals surface area (Å²) in [6.07, 6.45) is 0. The number of nitrogens with one attached hydrogen (secondary N) is 1. The van der Waals surface area contributed by atoms with Crippen LogP contribution in [0.25, 0.3) is 11.0 Å². The molecule has 0 aliphatic rings. The van der Waals surface area contributed by atoms with Crippen molar-refractivity contribution in [3.05, 3.63) is 70.4 Å². The molecule has 0 aliphatic carbocycles. The first-order valence-corrected chi connectivity index (χ1v) is 6.77. The fourth-order valence-corrected chi connectivity index (χ4v) is 2.66. The molecule has 3 rings (SSSR count). The molecule has 2 aromatic carbocycles. The average molecular weight is 287 g/mol. The zero-order valence-electron chi connectivity index (χ0n) is 11.1. The third-order valence-corrected chi connectivity index (χ3v) is 3.67. The molecule has 0 fully saturated rings. The fourth-order valence-electron chi connectivity index (χ4n) is 2.43. The number of nitrogens with two attached hydrogens (primary N) is 1. The second kappa shape index (κ2) is 5.29. The number of rotatable bonds is 3. The van der Waals surface area contributed by atoms with Gasteiger partial charge >= 0.3 is 0 Å². The maximum Gasteiger partial charge on any atom is 0.134 e. The predicted octanol–water partition coefficient (Wildman–Crippen LogP) is 3.95. The molecular formula is C16H15ClN2O. The quantitative estimate of drug-likeness (QED) is 0.566. The van der Waals surface area contributed by atoms with Crippen LogP contribution in [0.4, 0.5) is 0 Å².